The van der Waals surface area contributed by atoms with Crippen LogP contribution in [0.1, 0.15) is 26.5 Å². The van der Waals surface area contributed by atoms with Gasteiger partial charge in [0.05, 0.1) is 11.4 Å². The average molecular weight is 274 g/mol. The van der Waals surface area contributed by atoms with Gasteiger partial charge in [0, 0.05) is 18.0 Å². The first-order chi connectivity index (χ1) is 9.41. The molecule has 1 heterocycles. The minimum Gasteiger partial charge on any atom is -0.492 e. The lowest BCUT2D eigenvalue weighted by molar-refractivity contribution is 0.328. The number of ether oxygens (including phenoxy) is 1. The monoisotopic (exact) mass is 274 g/mol. The van der Waals surface area contributed by atoms with Crippen LogP contribution in [-0.4, -0.2) is 22.9 Å². The Kier molecular flexibility index (Phi) is 3.99. The minimum absolute atomic E-state index is 0.0243. The zero-order valence-electron chi connectivity index (χ0n) is 12.3. The number of benzene rings is 1. The number of nitrogens with two attached hydrogens (primary N) is 2. The summed E-state index contributed by atoms with van der Waals surface area (Å²) in [5, 5.41) is 4.57. The molecular weight excluding hydrogens is 252 g/mol. The van der Waals surface area contributed by atoms with Gasteiger partial charge in [0.2, 0.25) is 0 Å². The summed E-state index contributed by atoms with van der Waals surface area (Å²) in [5.74, 6) is 1.42. The van der Waals surface area contributed by atoms with Crippen molar-refractivity contribution in [3.63, 3.8) is 0 Å². The van der Waals surface area contributed by atoms with Crippen LogP contribution in [0.4, 0.5) is 5.82 Å². The summed E-state index contributed by atoms with van der Waals surface area (Å²) in [6, 6.07) is 9.56. The predicted molar refractivity (Wildman–Crippen MR) is 81.2 cm³/mol. The predicted octanol–water partition coefficient (Wildman–Crippen LogP) is 2.09. The number of hydrogen-bond acceptors (Lipinski definition) is 4. The molecule has 0 fully saturated rings. The average Bonchev–Trinajstić information content (AvgIpc) is 2.79. The van der Waals surface area contributed by atoms with Gasteiger partial charge in [-0.05, 0) is 24.3 Å². The van der Waals surface area contributed by atoms with Crippen LogP contribution in [0.15, 0.2) is 30.3 Å². The van der Waals surface area contributed by atoms with Crippen LogP contribution in [0.25, 0.3) is 5.69 Å². The van der Waals surface area contributed by atoms with E-state index < -0.39 is 0 Å². The van der Waals surface area contributed by atoms with Gasteiger partial charge >= 0.3 is 0 Å². The van der Waals surface area contributed by atoms with Crippen molar-refractivity contribution in [2.45, 2.75) is 26.2 Å². The second kappa shape index (κ2) is 5.54. The summed E-state index contributed by atoms with van der Waals surface area (Å²) >= 11 is 0. The molecule has 108 valence electrons. The van der Waals surface area contributed by atoms with Crippen molar-refractivity contribution >= 4 is 5.82 Å². The number of rotatable bonds is 4. The largest absolute Gasteiger partial charge is 0.492 e. The Morgan fingerprint density at radius 3 is 2.35 bits per heavy atom. The fraction of sp³-hybridized carbons (Fsp3) is 0.400. The van der Waals surface area contributed by atoms with Gasteiger partial charge in [-0.2, -0.15) is 5.10 Å². The van der Waals surface area contributed by atoms with Crippen LogP contribution in [0, 0.1) is 0 Å². The Labute approximate surface area is 119 Å². The summed E-state index contributed by atoms with van der Waals surface area (Å²) in [6.07, 6.45) is 0. The van der Waals surface area contributed by atoms with Crippen LogP contribution in [0.2, 0.25) is 0 Å². The molecule has 1 aromatic carbocycles. The van der Waals surface area contributed by atoms with E-state index in [1.807, 2.05) is 30.3 Å². The second-order valence-electron chi connectivity index (χ2n) is 5.75. The highest BCUT2D eigenvalue weighted by Gasteiger charge is 2.19. The van der Waals surface area contributed by atoms with Crippen LogP contribution in [-0.2, 0) is 5.41 Å². The fourth-order valence-corrected chi connectivity index (χ4v) is 1.83. The first kappa shape index (κ1) is 14.4. The normalized spacial score (nSPS) is 11.6. The molecule has 0 unspecified atom stereocenters. The third-order valence-electron chi connectivity index (χ3n) is 2.97. The SMILES string of the molecule is CC(C)(C)c1cc(N)n(-c2ccc(OCCN)cc2)n1. The van der Waals surface area contributed by atoms with E-state index in [1.165, 1.54) is 0 Å². The van der Waals surface area contributed by atoms with Crippen LogP contribution >= 0.6 is 0 Å². The van der Waals surface area contributed by atoms with Crippen molar-refractivity contribution in [1.29, 1.82) is 0 Å². The van der Waals surface area contributed by atoms with Crippen molar-refractivity contribution in [2.24, 2.45) is 5.73 Å². The molecule has 4 N–H and O–H groups in total. The number of hydrogen-bond donors (Lipinski definition) is 2. The summed E-state index contributed by atoms with van der Waals surface area (Å²) < 4.78 is 7.19. The Morgan fingerprint density at radius 2 is 1.85 bits per heavy atom. The quantitative estimate of drug-likeness (QED) is 0.894. The van der Waals surface area contributed by atoms with Crippen molar-refractivity contribution in [3.8, 4) is 11.4 Å². The first-order valence-corrected chi connectivity index (χ1v) is 6.71. The van der Waals surface area contributed by atoms with E-state index in [-0.39, 0.29) is 5.41 Å². The third kappa shape index (κ3) is 3.11. The van der Waals surface area contributed by atoms with Gasteiger partial charge in [-0.25, -0.2) is 4.68 Å². The van der Waals surface area contributed by atoms with Gasteiger partial charge in [-0.1, -0.05) is 20.8 Å². The zero-order chi connectivity index (χ0) is 14.8. The molecule has 0 bridgehead atoms. The highest BCUT2D eigenvalue weighted by molar-refractivity contribution is 5.45. The maximum Gasteiger partial charge on any atom is 0.127 e. The molecule has 0 aliphatic heterocycles. The maximum absolute atomic E-state index is 6.04. The molecule has 2 rings (SSSR count). The van der Waals surface area contributed by atoms with E-state index in [4.69, 9.17) is 16.2 Å². The Balaban J connectivity index is 2.25. The Bertz CT molecular complexity index is 567. The molecule has 0 atom stereocenters. The summed E-state index contributed by atoms with van der Waals surface area (Å²) in [7, 11) is 0. The standard InChI is InChI=1S/C15H22N4O/c1-15(2,3)13-10-14(17)19(18-13)11-4-6-12(7-5-11)20-9-8-16/h4-7,10H,8-9,16-17H2,1-3H3. The van der Waals surface area contributed by atoms with Gasteiger partial charge in [-0.15, -0.1) is 0 Å². The fourth-order valence-electron chi connectivity index (χ4n) is 1.83. The molecule has 5 heteroatoms. The number of nitrogen functional groups attached to an aromatic ring is 1. The number of nitrogens with zero attached hydrogens (tertiary/aromatic N) is 2. The molecule has 0 radical (unpaired) electrons. The summed E-state index contributed by atoms with van der Waals surface area (Å²) in [6.45, 7) is 7.36. The number of aromatic nitrogens is 2. The van der Waals surface area contributed by atoms with Crippen molar-refractivity contribution < 1.29 is 4.74 Å². The lowest BCUT2D eigenvalue weighted by atomic mass is 9.92. The lowest BCUT2D eigenvalue weighted by Crippen LogP contribution is -2.12. The molecule has 0 amide bonds. The van der Waals surface area contributed by atoms with E-state index in [2.05, 4.69) is 25.9 Å². The molecule has 2 aromatic rings. The second-order valence-corrected chi connectivity index (χ2v) is 5.75. The van der Waals surface area contributed by atoms with Crippen molar-refractivity contribution in [1.82, 2.24) is 9.78 Å². The molecule has 0 saturated carbocycles. The molecule has 5 nitrogen and oxygen atoms in total. The molecule has 0 spiro atoms. The third-order valence-corrected chi connectivity index (χ3v) is 2.97. The summed E-state index contributed by atoms with van der Waals surface area (Å²) in [4.78, 5) is 0. The van der Waals surface area contributed by atoms with E-state index in [0.717, 1.165) is 17.1 Å². The maximum atomic E-state index is 6.04. The van der Waals surface area contributed by atoms with E-state index in [9.17, 15) is 0 Å². The topological polar surface area (TPSA) is 79.1 Å². The van der Waals surface area contributed by atoms with Gasteiger partial charge in [0.25, 0.3) is 0 Å². The molecule has 0 saturated heterocycles. The van der Waals surface area contributed by atoms with E-state index in [0.29, 0.717) is 19.0 Å². The molecule has 0 aliphatic carbocycles. The van der Waals surface area contributed by atoms with Crippen LogP contribution in [0.5, 0.6) is 5.75 Å². The zero-order valence-corrected chi connectivity index (χ0v) is 12.3. The van der Waals surface area contributed by atoms with E-state index in [1.54, 1.807) is 4.68 Å². The Hall–Kier alpha value is -2.01. The smallest absolute Gasteiger partial charge is 0.127 e. The van der Waals surface area contributed by atoms with Gasteiger partial charge in [-0.3, -0.25) is 0 Å². The first-order valence-electron chi connectivity index (χ1n) is 6.71. The van der Waals surface area contributed by atoms with Gasteiger partial charge in [0.1, 0.15) is 18.2 Å². The molecule has 0 aliphatic rings. The number of anilines is 1. The summed E-state index contributed by atoms with van der Waals surface area (Å²) in [5.41, 5.74) is 13.3. The van der Waals surface area contributed by atoms with Crippen molar-refractivity contribution in [2.75, 3.05) is 18.9 Å². The van der Waals surface area contributed by atoms with Crippen molar-refractivity contribution in [3.05, 3.63) is 36.0 Å². The van der Waals surface area contributed by atoms with Crippen LogP contribution in [0.3, 0.4) is 0 Å². The van der Waals surface area contributed by atoms with Gasteiger partial charge in [0.15, 0.2) is 0 Å². The van der Waals surface area contributed by atoms with E-state index >= 15 is 0 Å². The molecular formula is C15H22N4O. The molecule has 1 aromatic heterocycles. The van der Waals surface area contributed by atoms with Crippen LogP contribution < -0.4 is 16.2 Å². The van der Waals surface area contributed by atoms with Gasteiger partial charge < -0.3 is 16.2 Å². The highest BCUT2D eigenvalue weighted by Crippen LogP contribution is 2.25. The lowest BCUT2D eigenvalue weighted by Gasteiger charge is -2.14. The highest BCUT2D eigenvalue weighted by atomic mass is 16.5. The minimum atomic E-state index is -0.0243. The Morgan fingerprint density at radius 1 is 1.20 bits per heavy atom. The molecule has 20 heavy (non-hydrogen) atoms.